The van der Waals surface area contributed by atoms with Crippen LogP contribution >= 0.6 is 0 Å². The fourth-order valence-corrected chi connectivity index (χ4v) is 2.08. The molecule has 0 amide bonds. The zero-order chi connectivity index (χ0) is 13.1. The van der Waals surface area contributed by atoms with Crippen LogP contribution < -0.4 is 0 Å². The van der Waals surface area contributed by atoms with Gasteiger partial charge >= 0.3 is 0 Å². The van der Waals surface area contributed by atoms with Crippen LogP contribution in [0.15, 0.2) is 60.8 Å². The Labute approximate surface area is 111 Å². The van der Waals surface area contributed by atoms with Gasteiger partial charge in [0.2, 0.25) is 0 Å². The van der Waals surface area contributed by atoms with E-state index in [9.17, 15) is 5.11 Å². The summed E-state index contributed by atoms with van der Waals surface area (Å²) < 4.78 is 0. The van der Waals surface area contributed by atoms with Gasteiger partial charge in [-0.15, -0.1) is 0 Å². The lowest BCUT2D eigenvalue weighted by Crippen LogP contribution is -1.82. The highest BCUT2D eigenvalue weighted by molar-refractivity contribution is 5.93. The molecule has 0 saturated carbocycles. The molecule has 3 rings (SSSR count). The van der Waals surface area contributed by atoms with E-state index in [-0.39, 0.29) is 5.75 Å². The van der Waals surface area contributed by atoms with E-state index in [4.69, 9.17) is 0 Å². The Morgan fingerprint density at radius 2 is 1.68 bits per heavy atom. The van der Waals surface area contributed by atoms with Gasteiger partial charge in [-0.2, -0.15) is 0 Å². The van der Waals surface area contributed by atoms with Crippen molar-refractivity contribution in [2.45, 2.75) is 0 Å². The van der Waals surface area contributed by atoms with Gasteiger partial charge in [-0.3, -0.25) is 4.98 Å². The van der Waals surface area contributed by atoms with Crippen LogP contribution in [-0.4, -0.2) is 10.1 Å². The average molecular weight is 247 g/mol. The van der Waals surface area contributed by atoms with Crippen molar-refractivity contribution in [3.05, 3.63) is 71.9 Å². The number of fused-ring (bicyclic) bond motifs is 1. The van der Waals surface area contributed by atoms with E-state index in [0.717, 1.165) is 16.5 Å². The molecule has 2 aromatic carbocycles. The Balaban J connectivity index is 2.07. The quantitative estimate of drug-likeness (QED) is 0.691. The van der Waals surface area contributed by atoms with E-state index in [1.807, 2.05) is 42.5 Å². The monoisotopic (exact) mass is 247 g/mol. The number of pyridine rings is 1. The predicted molar refractivity (Wildman–Crippen MR) is 78.8 cm³/mol. The number of rotatable bonds is 2. The van der Waals surface area contributed by atoms with Gasteiger partial charge in [-0.25, -0.2) is 0 Å². The minimum Gasteiger partial charge on any atom is -0.506 e. The number of phenolic OH excluding ortho intramolecular Hbond substituents is 1. The van der Waals surface area contributed by atoms with Crippen molar-refractivity contribution >= 4 is 23.1 Å². The van der Waals surface area contributed by atoms with E-state index in [2.05, 4.69) is 23.2 Å². The van der Waals surface area contributed by atoms with Gasteiger partial charge < -0.3 is 5.11 Å². The number of benzene rings is 2. The zero-order valence-corrected chi connectivity index (χ0v) is 10.3. The second-order valence-electron chi connectivity index (χ2n) is 4.32. The Kier molecular flexibility index (Phi) is 2.99. The van der Waals surface area contributed by atoms with Crippen molar-refractivity contribution < 1.29 is 5.11 Å². The van der Waals surface area contributed by atoms with Crippen molar-refractivity contribution in [1.29, 1.82) is 0 Å². The molecule has 0 radical (unpaired) electrons. The van der Waals surface area contributed by atoms with Gasteiger partial charge in [-0.05, 0) is 23.3 Å². The lowest BCUT2D eigenvalue weighted by Gasteiger charge is -2.03. The number of aromatic nitrogens is 1. The first-order valence-electron chi connectivity index (χ1n) is 6.14. The number of phenols is 1. The Morgan fingerprint density at radius 3 is 2.53 bits per heavy atom. The third kappa shape index (κ3) is 2.33. The fourth-order valence-electron chi connectivity index (χ4n) is 2.08. The zero-order valence-electron chi connectivity index (χ0n) is 10.3. The summed E-state index contributed by atoms with van der Waals surface area (Å²) in [5.74, 6) is 0.215. The minimum absolute atomic E-state index is 0.215. The Bertz CT molecular complexity index is 733. The molecule has 1 N–H and O–H groups in total. The van der Waals surface area contributed by atoms with Crippen LogP contribution in [0.5, 0.6) is 5.75 Å². The van der Waals surface area contributed by atoms with Crippen molar-refractivity contribution in [2.24, 2.45) is 0 Å². The normalized spacial score (nSPS) is 11.2. The molecule has 3 aromatic rings. The van der Waals surface area contributed by atoms with Gasteiger partial charge in [0.05, 0.1) is 0 Å². The maximum absolute atomic E-state index is 9.79. The molecule has 0 atom stereocenters. The van der Waals surface area contributed by atoms with Crippen molar-refractivity contribution in [3.63, 3.8) is 0 Å². The molecule has 2 heteroatoms. The molecule has 0 unspecified atom stereocenters. The second kappa shape index (κ2) is 4.94. The first kappa shape index (κ1) is 11.5. The summed E-state index contributed by atoms with van der Waals surface area (Å²) in [6, 6.07) is 17.5. The summed E-state index contributed by atoms with van der Waals surface area (Å²) in [6.45, 7) is 0. The summed E-state index contributed by atoms with van der Waals surface area (Å²) in [5.41, 5.74) is 2.83. The van der Waals surface area contributed by atoms with Gasteiger partial charge in [0.25, 0.3) is 0 Å². The second-order valence-corrected chi connectivity index (χ2v) is 4.32. The molecule has 1 heterocycles. The van der Waals surface area contributed by atoms with Crippen LogP contribution in [0.2, 0.25) is 0 Å². The molecular weight excluding hydrogens is 234 g/mol. The lowest BCUT2D eigenvalue weighted by molar-refractivity contribution is 0.480. The molecule has 0 aliphatic carbocycles. The average Bonchev–Trinajstić information content (AvgIpc) is 2.48. The van der Waals surface area contributed by atoms with Crippen LogP contribution in [0.3, 0.4) is 0 Å². The standard InChI is InChI=1S/C17H13NO/c19-16-11-10-14(15-7-4-12-18-17(15)16)9-8-13-5-2-1-3-6-13/h1-12,19H/b9-8+. The summed E-state index contributed by atoms with van der Waals surface area (Å²) in [6.07, 6.45) is 5.78. The molecule has 0 saturated heterocycles. The smallest absolute Gasteiger partial charge is 0.141 e. The summed E-state index contributed by atoms with van der Waals surface area (Å²) in [4.78, 5) is 4.21. The van der Waals surface area contributed by atoms with E-state index in [0.29, 0.717) is 5.52 Å². The number of hydrogen-bond donors (Lipinski definition) is 1. The number of nitrogens with zero attached hydrogens (tertiary/aromatic N) is 1. The maximum atomic E-state index is 9.79. The van der Waals surface area contributed by atoms with E-state index in [1.54, 1.807) is 12.3 Å². The van der Waals surface area contributed by atoms with Gasteiger partial charge in [-0.1, -0.05) is 54.6 Å². The van der Waals surface area contributed by atoms with Crippen molar-refractivity contribution in [2.75, 3.05) is 0 Å². The largest absolute Gasteiger partial charge is 0.506 e. The molecule has 2 nitrogen and oxygen atoms in total. The van der Waals surface area contributed by atoms with Crippen molar-refractivity contribution in [3.8, 4) is 5.75 Å². The van der Waals surface area contributed by atoms with Crippen molar-refractivity contribution in [1.82, 2.24) is 4.98 Å². The Hall–Kier alpha value is -2.61. The fraction of sp³-hybridized carbons (Fsp3) is 0. The van der Waals surface area contributed by atoms with Crippen LogP contribution in [-0.2, 0) is 0 Å². The third-order valence-electron chi connectivity index (χ3n) is 3.04. The predicted octanol–water partition coefficient (Wildman–Crippen LogP) is 4.11. The molecule has 0 bridgehead atoms. The molecule has 0 spiro atoms. The Morgan fingerprint density at radius 1 is 0.842 bits per heavy atom. The molecule has 92 valence electrons. The lowest BCUT2D eigenvalue weighted by atomic mass is 10.1. The van der Waals surface area contributed by atoms with Gasteiger partial charge in [0.15, 0.2) is 0 Å². The SMILES string of the molecule is Oc1ccc(/C=C/c2ccccc2)c2cccnc12. The topological polar surface area (TPSA) is 33.1 Å². The van der Waals surface area contributed by atoms with Crippen LogP contribution in [0.4, 0.5) is 0 Å². The van der Waals surface area contributed by atoms with Crippen LogP contribution in [0, 0.1) is 0 Å². The molecule has 0 fully saturated rings. The molecule has 1 aromatic heterocycles. The first-order valence-corrected chi connectivity index (χ1v) is 6.14. The van der Waals surface area contributed by atoms with E-state index < -0.39 is 0 Å². The van der Waals surface area contributed by atoms with Gasteiger partial charge in [0.1, 0.15) is 11.3 Å². The summed E-state index contributed by atoms with van der Waals surface area (Å²) in [5, 5.41) is 10.7. The molecule has 0 aliphatic heterocycles. The first-order chi connectivity index (χ1) is 9.34. The minimum atomic E-state index is 0.215. The highest BCUT2D eigenvalue weighted by Crippen LogP contribution is 2.26. The summed E-state index contributed by atoms with van der Waals surface area (Å²) in [7, 11) is 0. The van der Waals surface area contributed by atoms with Crippen LogP contribution in [0.25, 0.3) is 23.1 Å². The van der Waals surface area contributed by atoms with E-state index >= 15 is 0 Å². The van der Waals surface area contributed by atoms with E-state index in [1.165, 1.54) is 0 Å². The highest BCUT2D eigenvalue weighted by Gasteiger charge is 2.03. The van der Waals surface area contributed by atoms with Gasteiger partial charge in [0, 0.05) is 11.6 Å². The molecule has 19 heavy (non-hydrogen) atoms. The third-order valence-corrected chi connectivity index (χ3v) is 3.04. The molecule has 0 aliphatic rings. The number of hydrogen-bond acceptors (Lipinski definition) is 2. The summed E-state index contributed by atoms with van der Waals surface area (Å²) >= 11 is 0. The molecular formula is C17H13NO. The number of aromatic hydroxyl groups is 1. The highest BCUT2D eigenvalue weighted by atomic mass is 16.3. The maximum Gasteiger partial charge on any atom is 0.141 e. The van der Waals surface area contributed by atoms with Crippen LogP contribution in [0.1, 0.15) is 11.1 Å².